The molecule has 0 atom stereocenters. The van der Waals surface area contributed by atoms with Crippen molar-refractivity contribution in [1.29, 1.82) is 0 Å². The average molecular weight is 319 g/mol. The normalized spacial score (nSPS) is 10.6. The number of aromatic nitrogens is 4. The molecule has 3 rings (SSSR count). The van der Waals surface area contributed by atoms with Crippen molar-refractivity contribution in [2.24, 2.45) is 0 Å². The van der Waals surface area contributed by atoms with Gasteiger partial charge in [-0.1, -0.05) is 28.9 Å². The molecule has 7 nitrogen and oxygen atoms in total. The zero-order valence-electron chi connectivity index (χ0n) is 11.6. The topological polar surface area (TPSA) is 83.0 Å². The Morgan fingerprint density at radius 2 is 2.23 bits per heavy atom. The summed E-state index contributed by atoms with van der Waals surface area (Å²) in [6.45, 7) is 0.0519. The first-order chi connectivity index (χ1) is 10.7. The third-order valence-corrected chi connectivity index (χ3v) is 3.23. The van der Waals surface area contributed by atoms with E-state index in [2.05, 4.69) is 15.2 Å². The van der Waals surface area contributed by atoms with Gasteiger partial charge in [-0.05, 0) is 18.2 Å². The van der Waals surface area contributed by atoms with Gasteiger partial charge in [-0.3, -0.25) is 4.79 Å². The molecule has 0 saturated carbocycles. The van der Waals surface area contributed by atoms with E-state index in [4.69, 9.17) is 20.9 Å². The molecule has 8 heteroatoms. The summed E-state index contributed by atoms with van der Waals surface area (Å²) in [5.41, 5.74) is 0.339. The van der Waals surface area contributed by atoms with Crippen LogP contribution in [0.25, 0.3) is 11.4 Å². The van der Waals surface area contributed by atoms with Crippen molar-refractivity contribution in [3.63, 3.8) is 0 Å². The Bertz CT molecular complexity index is 859. The Labute approximate surface area is 130 Å². The fourth-order valence-corrected chi connectivity index (χ4v) is 2.02. The van der Waals surface area contributed by atoms with Crippen LogP contribution in [-0.4, -0.2) is 27.0 Å². The van der Waals surface area contributed by atoms with Crippen LogP contribution >= 0.6 is 11.6 Å². The minimum atomic E-state index is -0.412. The molecule has 0 aliphatic heterocycles. The van der Waals surface area contributed by atoms with Crippen LogP contribution in [0, 0.1) is 0 Å². The van der Waals surface area contributed by atoms with Crippen LogP contribution in [-0.2, 0) is 6.54 Å². The fraction of sp³-hybridized carbons (Fsp3) is 0.143. The van der Waals surface area contributed by atoms with Crippen LogP contribution in [0.4, 0.5) is 0 Å². The maximum absolute atomic E-state index is 11.8. The van der Waals surface area contributed by atoms with Gasteiger partial charge < -0.3 is 9.26 Å². The molecule has 1 aromatic carbocycles. The second-order valence-corrected chi connectivity index (χ2v) is 4.79. The maximum atomic E-state index is 11.8. The summed E-state index contributed by atoms with van der Waals surface area (Å²) in [6.07, 6.45) is 1.43. The number of nitrogens with zero attached hydrogens (tertiary/aromatic N) is 4. The summed E-state index contributed by atoms with van der Waals surface area (Å²) in [6, 6.07) is 8.70. The second kappa shape index (κ2) is 5.98. The summed E-state index contributed by atoms with van der Waals surface area (Å²) in [7, 11) is 1.58. The zero-order chi connectivity index (χ0) is 15.5. The molecule has 0 radical (unpaired) electrons. The van der Waals surface area contributed by atoms with Gasteiger partial charge >= 0.3 is 0 Å². The Morgan fingerprint density at radius 1 is 1.36 bits per heavy atom. The van der Waals surface area contributed by atoms with Gasteiger partial charge in [0.2, 0.25) is 11.7 Å². The molecular formula is C14H11ClN4O3. The van der Waals surface area contributed by atoms with E-state index in [1.165, 1.54) is 12.3 Å². The Hall–Kier alpha value is -2.67. The van der Waals surface area contributed by atoms with E-state index in [9.17, 15) is 4.79 Å². The maximum Gasteiger partial charge on any atom is 0.285 e. The zero-order valence-corrected chi connectivity index (χ0v) is 12.3. The molecule has 22 heavy (non-hydrogen) atoms. The van der Waals surface area contributed by atoms with Crippen molar-refractivity contribution in [2.75, 3.05) is 7.11 Å². The number of ether oxygens (including phenoxy) is 1. The van der Waals surface area contributed by atoms with Crippen molar-refractivity contribution in [3.8, 4) is 17.1 Å². The van der Waals surface area contributed by atoms with Crippen LogP contribution in [0.2, 0.25) is 5.02 Å². The molecule has 0 fully saturated rings. The highest BCUT2D eigenvalue weighted by Gasteiger charge is 2.11. The molecule has 112 valence electrons. The lowest BCUT2D eigenvalue weighted by atomic mass is 10.2. The van der Waals surface area contributed by atoms with E-state index in [0.717, 1.165) is 10.2 Å². The van der Waals surface area contributed by atoms with Crippen molar-refractivity contribution in [1.82, 2.24) is 19.9 Å². The van der Waals surface area contributed by atoms with Gasteiger partial charge in [-0.2, -0.15) is 10.1 Å². The fourth-order valence-electron chi connectivity index (χ4n) is 1.87. The van der Waals surface area contributed by atoms with Crippen molar-refractivity contribution >= 4 is 11.6 Å². The molecule has 2 heterocycles. The van der Waals surface area contributed by atoms with Gasteiger partial charge in [-0.15, -0.1) is 0 Å². The highest BCUT2D eigenvalue weighted by atomic mass is 35.5. The monoisotopic (exact) mass is 318 g/mol. The molecular weight excluding hydrogens is 308 g/mol. The molecule has 3 aromatic rings. The number of hydrogen-bond acceptors (Lipinski definition) is 6. The first kappa shape index (κ1) is 14.3. The molecule has 0 spiro atoms. The first-order valence-electron chi connectivity index (χ1n) is 6.36. The molecule has 0 aliphatic carbocycles. The van der Waals surface area contributed by atoms with Crippen LogP contribution in [0.5, 0.6) is 5.75 Å². The van der Waals surface area contributed by atoms with Gasteiger partial charge in [0, 0.05) is 11.8 Å². The highest BCUT2D eigenvalue weighted by Crippen LogP contribution is 2.21. The largest absolute Gasteiger partial charge is 0.497 e. The molecule has 0 saturated heterocycles. The van der Waals surface area contributed by atoms with E-state index >= 15 is 0 Å². The smallest absolute Gasteiger partial charge is 0.285 e. The van der Waals surface area contributed by atoms with Crippen molar-refractivity contribution < 1.29 is 9.26 Å². The lowest BCUT2D eigenvalue weighted by molar-refractivity contribution is 0.363. The third kappa shape index (κ3) is 2.84. The molecule has 2 aromatic heterocycles. The van der Waals surface area contributed by atoms with E-state index in [0.29, 0.717) is 11.6 Å². The van der Waals surface area contributed by atoms with E-state index in [-0.39, 0.29) is 17.5 Å². The lowest BCUT2D eigenvalue weighted by Gasteiger charge is -2.00. The predicted octanol–water partition coefficient (Wildman–Crippen LogP) is 2.00. The van der Waals surface area contributed by atoms with E-state index in [1.54, 1.807) is 13.2 Å². The Balaban J connectivity index is 1.87. The van der Waals surface area contributed by atoms with Crippen LogP contribution in [0.3, 0.4) is 0 Å². The standard InChI is InChI=1S/C14H11ClN4O3/c1-21-10-4-2-3-9(7-10)13-17-12(22-18-13)8-19-14(20)11(15)5-6-16-19/h2-7H,8H2,1H3. The number of benzene rings is 1. The van der Waals surface area contributed by atoms with Gasteiger partial charge in [0.25, 0.3) is 5.56 Å². The van der Waals surface area contributed by atoms with Crippen molar-refractivity contribution in [2.45, 2.75) is 6.54 Å². The first-order valence-corrected chi connectivity index (χ1v) is 6.74. The van der Waals surface area contributed by atoms with Gasteiger partial charge in [0.1, 0.15) is 17.3 Å². The lowest BCUT2D eigenvalue weighted by Crippen LogP contribution is -2.23. The van der Waals surface area contributed by atoms with Gasteiger partial charge in [0.05, 0.1) is 7.11 Å². The summed E-state index contributed by atoms with van der Waals surface area (Å²) in [5.74, 6) is 1.36. The minimum Gasteiger partial charge on any atom is -0.497 e. The van der Waals surface area contributed by atoms with E-state index < -0.39 is 5.56 Å². The van der Waals surface area contributed by atoms with Crippen molar-refractivity contribution in [3.05, 3.63) is 57.8 Å². The van der Waals surface area contributed by atoms with Crippen LogP contribution < -0.4 is 10.3 Å². The van der Waals surface area contributed by atoms with Crippen LogP contribution in [0.15, 0.2) is 45.8 Å². The summed E-state index contributed by atoms with van der Waals surface area (Å²) in [4.78, 5) is 16.0. The van der Waals surface area contributed by atoms with Gasteiger partial charge in [0.15, 0.2) is 0 Å². The number of halogens is 1. The summed E-state index contributed by atoms with van der Waals surface area (Å²) >= 11 is 5.76. The predicted molar refractivity (Wildman–Crippen MR) is 78.9 cm³/mol. The molecule has 0 amide bonds. The third-order valence-electron chi connectivity index (χ3n) is 2.95. The Morgan fingerprint density at radius 3 is 3.05 bits per heavy atom. The number of rotatable bonds is 4. The highest BCUT2D eigenvalue weighted by molar-refractivity contribution is 6.30. The van der Waals surface area contributed by atoms with Crippen LogP contribution in [0.1, 0.15) is 5.89 Å². The van der Waals surface area contributed by atoms with E-state index in [1.807, 2.05) is 18.2 Å². The summed E-state index contributed by atoms with van der Waals surface area (Å²) in [5, 5.41) is 7.89. The second-order valence-electron chi connectivity index (χ2n) is 4.39. The number of methoxy groups -OCH3 is 1. The molecule has 0 N–H and O–H groups in total. The average Bonchev–Trinajstić information content (AvgIpc) is 3.00. The molecule has 0 aliphatic rings. The Kier molecular flexibility index (Phi) is 3.88. The molecule has 0 unspecified atom stereocenters. The quantitative estimate of drug-likeness (QED) is 0.731. The number of hydrogen-bond donors (Lipinski definition) is 0. The SMILES string of the molecule is COc1cccc(-c2noc(Cn3nccc(Cl)c3=O)n2)c1. The summed E-state index contributed by atoms with van der Waals surface area (Å²) < 4.78 is 11.5. The van der Waals surface area contributed by atoms with Gasteiger partial charge in [-0.25, -0.2) is 4.68 Å². The minimum absolute atomic E-state index is 0.0519. The molecule has 0 bridgehead atoms.